The van der Waals surface area contributed by atoms with Crippen LogP contribution in [-0.4, -0.2) is 13.7 Å². The smallest absolute Gasteiger partial charge is 0.308 e. The van der Waals surface area contributed by atoms with Gasteiger partial charge < -0.3 is 9.05 Å². The number of halogens is 3. The van der Waals surface area contributed by atoms with E-state index in [1.165, 1.54) is 36.5 Å². The van der Waals surface area contributed by atoms with Crippen molar-refractivity contribution in [3.63, 3.8) is 0 Å². The Balaban J connectivity index is 2.64. The van der Waals surface area contributed by atoms with E-state index in [4.69, 9.17) is 9.79 Å². The molecule has 0 fully saturated rings. The SMILES string of the molecule is CCOP(=O)(OC)C(F)(F)c1cc2cc(C#N)sc2cc1Br. The van der Waals surface area contributed by atoms with Crippen molar-refractivity contribution in [1.29, 1.82) is 5.26 Å². The molecule has 1 atom stereocenters. The Kier molecular flexibility index (Phi) is 5.05. The molecule has 9 heteroatoms. The van der Waals surface area contributed by atoms with E-state index >= 15 is 0 Å². The number of hydrogen-bond acceptors (Lipinski definition) is 5. The molecule has 1 unspecified atom stereocenters. The summed E-state index contributed by atoms with van der Waals surface area (Å²) in [5.74, 6) is 0. The van der Waals surface area contributed by atoms with Crippen LogP contribution in [0.2, 0.25) is 0 Å². The van der Waals surface area contributed by atoms with E-state index in [-0.39, 0.29) is 11.1 Å². The molecular formula is C13H11BrF2NO3PS. The fourth-order valence-corrected chi connectivity index (χ4v) is 5.01. The van der Waals surface area contributed by atoms with Gasteiger partial charge in [0.25, 0.3) is 0 Å². The fourth-order valence-electron chi connectivity index (χ4n) is 1.91. The van der Waals surface area contributed by atoms with Gasteiger partial charge in [0.2, 0.25) is 0 Å². The van der Waals surface area contributed by atoms with Gasteiger partial charge in [-0.2, -0.15) is 14.0 Å². The van der Waals surface area contributed by atoms with E-state index < -0.39 is 18.8 Å². The topological polar surface area (TPSA) is 59.3 Å². The number of nitriles is 1. The third-order valence-corrected chi connectivity index (χ3v) is 6.59. The maximum absolute atomic E-state index is 14.7. The van der Waals surface area contributed by atoms with Gasteiger partial charge in [0.1, 0.15) is 10.9 Å². The molecule has 0 aliphatic rings. The standard InChI is InChI=1S/C13H11BrF2NO3PS/c1-3-20-21(18,19-2)13(15,16)10-5-8-4-9(7-17)22-12(8)6-11(10)14/h4-6H,3H2,1-2H3. The van der Waals surface area contributed by atoms with Gasteiger partial charge >= 0.3 is 13.3 Å². The zero-order valence-corrected chi connectivity index (χ0v) is 14.9. The Hall–Kier alpha value is -0.840. The molecule has 4 nitrogen and oxygen atoms in total. The molecule has 0 bridgehead atoms. The first-order chi connectivity index (χ1) is 10.3. The molecule has 0 aliphatic heterocycles. The van der Waals surface area contributed by atoms with Crippen molar-refractivity contribution in [1.82, 2.24) is 0 Å². The maximum atomic E-state index is 14.7. The summed E-state index contributed by atoms with van der Waals surface area (Å²) in [6.45, 7) is 1.29. The number of thiophene rings is 1. The summed E-state index contributed by atoms with van der Waals surface area (Å²) in [5.41, 5.74) is -4.32. The van der Waals surface area contributed by atoms with Gasteiger partial charge in [0.15, 0.2) is 0 Å². The third kappa shape index (κ3) is 2.84. The van der Waals surface area contributed by atoms with Gasteiger partial charge in [-0.25, -0.2) is 0 Å². The predicted octanol–water partition coefficient (Wildman–Crippen LogP) is 5.46. The first-order valence-corrected chi connectivity index (χ1v) is 9.26. The normalized spacial score (nSPS) is 14.7. The summed E-state index contributed by atoms with van der Waals surface area (Å²) in [5, 5.41) is 9.36. The van der Waals surface area contributed by atoms with Crippen LogP contribution in [0.25, 0.3) is 10.1 Å². The summed E-state index contributed by atoms with van der Waals surface area (Å²) in [6, 6.07) is 6.14. The van der Waals surface area contributed by atoms with Crippen molar-refractivity contribution in [2.75, 3.05) is 13.7 Å². The lowest BCUT2D eigenvalue weighted by atomic mass is 10.1. The van der Waals surface area contributed by atoms with Crippen LogP contribution in [0.15, 0.2) is 22.7 Å². The zero-order chi connectivity index (χ0) is 16.5. The van der Waals surface area contributed by atoms with Crippen LogP contribution in [-0.2, 0) is 19.3 Å². The lowest BCUT2D eigenvalue weighted by Crippen LogP contribution is -2.18. The highest BCUT2D eigenvalue weighted by Crippen LogP contribution is 2.67. The molecule has 0 radical (unpaired) electrons. The molecule has 0 saturated carbocycles. The third-order valence-electron chi connectivity index (χ3n) is 2.92. The number of alkyl halides is 2. The van der Waals surface area contributed by atoms with Crippen molar-refractivity contribution in [2.24, 2.45) is 0 Å². The summed E-state index contributed by atoms with van der Waals surface area (Å²) in [7, 11) is -3.73. The van der Waals surface area contributed by atoms with Gasteiger partial charge in [-0.1, -0.05) is 15.9 Å². The molecule has 0 spiro atoms. The van der Waals surface area contributed by atoms with Gasteiger partial charge in [-0.15, -0.1) is 11.3 Å². The molecule has 118 valence electrons. The van der Waals surface area contributed by atoms with Crippen molar-refractivity contribution < 1.29 is 22.4 Å². The second-order valence-electron chi connectivity index (χ2n) is 4.23. The first-order valence-electron chi connectivity index (χ1n) is 6.11. The maximum Gasteiger partial charge on any atom is 0.404 e. The Morgan fingerprint density at radius 2 is 2.14 bits per heavy atom. The summed E-state index contributed by atoms with van der Waals surface area (Å²) < 4.78 is 51.6. The van der Waals surface area contributed by atoms with E-state index in [2.05, 4.69) is 20.5 Å². The molecule has 22 heavy (non-hydrogen) atoms. The molecule has 1 heterocycles. The summed E-state index contributed by atoms with van der Waals surface area (Å²) >= 11 is 4.26. The van der Waals surface area contributed by atoms with E-state index in [1.807, 2.05) is 6.07 Å². The van der Waals surface area contributed by atoms with E-state index in [0.717, 1.165) is 7.11 Å². The van der Waals surface area contributed by atoms with Crippen molar-refractivity contribution in [3.8, 4) is 6.07 Å². The second kappa shape index (κ2) is 6.34. The molecule has 0 aliphatic carbocycles. The highest BCUT2D eigenvalue weighted by molar-refractivity contribution is 9.10. The zero-order valence-electron chi connectivity index (χ0n) is 11.6. The molecule has 0 saturated heterocycles. The highest BCUT2D eigenvalue weighted by atomic mass is 79.9. The van der Waals surface area contributed by atoms with E-state index in [1.54, 1.807) is 0 Å². The predicted molar refractivity (Wildman–Crippen MR) is 84.4 cm³/mol. The first kappa shape index (κ1) is 17.5. The van der Waals surface area contributed by atoms with Crippen LogP contribution in [0, 0.1) is 11.3 Å². The molecule has 0 amide bonds. The number of hydrogen-bond donors (Lipinski definition) is 0. The van der Waals surface area contributed by atoms with Gasteiger partial charge in [-0.05, 0) is 30.5 Å². The van der Waals surface area contributed by atoms with E-state index in [0.29, 0.717) is 15.0 Å². The van der Waals surface area contributed by atoms with Crippen molar-refractivity contribution in [2.45, 2.75) is 12.6 Å². The van der Waals surface area contributed by atoms with Gasteiger partial charge in [0, 0.05) is 21.8 Å². The molecular weight excluding hydrogens is 399 g/mol. The van der Waals surface area contributed by atoms with Crippen LogP contribution >= 0.6 is 34.9 Å². The fraction of sp³-hybridized carbons (Fsp3) is 0.308. The van der Waals surface area contributed by atoms with Gasteiger partial charge in [0.05, 0.1) is 6.61 Å². The van der Waals surface area contributed by atoms with Crippen LogP contribution in [0.1, 0.15) is 17.4 Å². The number of fused-ring (bicyclic) bond motifs is 1. The number of nitrogens with zero attached hydrogens (tertiary/aromatic N) is 1. The lowest BCUT2D eigenvalue weighted by molar-refractivity contribution is 0.0402. The minimum atomic E-state index is -4.66. The number of rotatable bonds is 5. The Morgan fingerprint density at radius 3 is 2.68 bits per heavy atom. The summed E-state index contributed by atoms with van der Waals surface area (Å²) in [6.07, 6.45) is 0. The molecule has 0 N–H and O–H groups in total. The number of benzene rings is 1. The monoisotopic (exact) mass is 409 g/mol. The highest BCUT2D eigenvalue weighted by Gasteiger charge is 2.55. The van der Waals surface area contributed by atoms with Crippen LogP contribution < -0.4 is 0 Å². The molecule has 1 aromatic carbocycles. The quantitative estimate of drug-likeness (QED) is 0.615. The van der Waals surface area contributed by atoms with Gasteiger partial charge in [-0.3, -0.25) is 4.57 Å². The molecule has 1 aromatic heterocycles. The average molecular weight is 410 g/mol. The van der Waals surface area contributed by atoms with Crippen molar-refractivity contribution in [3.05, 3.63) is 33.1 Å². The average Bonchev–Trinajstić information content (AvgIpc) is 2.88. The van der Waals surface area contributed by atoms with Crippen LogP contribution in [0.5, 0.6) is 0 Å². The molecule has 2 rings (SSSR count). The Bertz CT molecular complexity index is 802. The van der Waals surface area contributed by atoms with E-state index in [9.17, 15) is 13.3 Å². The summed E-state index contributed by atoms with van der Waals surface area (Å²) in [4.78, 5) is 0.405. The molecule has 2 aromatic rings. The van der Waals surface area contributed by atoms with Crippen LogP contribution in [0.4, 0.5) is 8.78 Å². The minimum absolute atomic E-state index is 0.0771. The lowest BCUT2D eigenvalue weighted by Gasteiger charge is -2.25. The second-order valence-corrected chi connectivity index (χ2v) is 8.35. The minimum Gasteiger partial charge on any atom is -0.308 e. The largest absolute Gasteiger partial charge is 0.404 e. The van der Waals surface area contributed by atoms with Crippen molar-refractivity contribution >= 4 is 44.9 Å². The van der Waals surface area contributed by atoms with Crippen LogP contribution in [0.3, 0.4) is 0 Å². The Morgan fingerprint density at radius 1 is 1.45 bits per heavy atom. The Labute approximate surface area is 138 Å².